The molecule has 0 spiro atoms. The minimum absolute atomic E-state index is 0.164. The summed E-state index contributed by atoms with van der Waals surface area (Å²) < 4.78 is 5.09. The minimum atomic E-state index is 0.164. The number of benzene rings is 1. The van der Waals surface area contributed by atoms with Gasteiger partial charge >= 0.3 is 0 Å². The third-order valence-corrected chi connectivity index (χ3v) is 4.10. The molecule has 0 saturated carbocycles. The second-order valence-corrected chi connectivity index (χ2v) is 5.83. The van der Waals surface area contributed by atoms with Gasteiger partial charge in [-0.2, -0.15) is 0 Å². The molecule has 0 aliphatic carbocycles. The number of hydrogen-bond acceptors (Lipinski definition) is 3. The molecule has 1 amide bonds. The Balaban J connectivity index is 1.84. The molecule has 1 aromatic carbocycles. The number of carbonyl (C=O) groups excluding carboxylic acids is 1. The van der Waals surface area contributed by atoms with Crippen LogP contribution in [0.5, 0.6) is 5.75 Å². The molecule has 116 valence electrons. The smallest absolute Gasteiger partial charge is 0.227 e. The molecule has 0 bridgehead atoms. The number of aromatic hydroxyl groups is 1. The van der Waals surface area contributed by atoms with Gasteiger partial charge in [-0.1, -0.05) is 12.1 Å². The average Bonchev–Trinajstić information content (AvgIpc) is 2.48. The number of hydrogen-bond donors (Lipinski definition) is 1. The lowest BCUT2D eigenvalue weighted by molar-refractivity contribution is -0.132. The number of likely N-dealkylation sites (tertiary alicyclic amines) is 1. The number of carbonyl (C=O) groups is 1. The van der Waals surface area contributed by atoms with Crippen molar-refractivity contribution in [1.82, 2.24) is 4.90 Å². The Labute approximate surface area is 126 Å². The predicted octanol–water partition coefficient (Wildman–Crippen LogP) is 2.60. The van der Waals surface area contributed by atoms with Crippen molar-refractivity contribution in [3.8, 4) is 5.75 Å². The predicted molar refractivity (Wildman–Crippen MR) is 82.2 cm³/mol. The van der Waals surface area contributed by atoms with Gasteiger partial charge in [-0.25, -0.2) is 0 Å². The van der Waals surface area contributed by atoms with E-state index >= 15 is 0 Å². The van der Waals surface area contributed by atoms with E-state index in [-0.39, 0.29) is 11.7 Å². The summed E-state index contributed by atoms with van der Waals surface area (Å²) >= 11 is 0. The van der Waals surface area contributed by atoms with Crippen molar-refractivity contribution >= 4 is 5.91 Å². The molecular formula is C17H25NO3. The molecular weight excluding hydrogens is 266 g/mol. The van der Waals surface area contributed by atoms with Crippen molar-refractivity contribution in [2.75, 3.05) is 26.8 Å². The Morgan fingerprint density at radius 3 is 3.10 bits per heavy atom. The van der Waals surface area contributed by atoms with Gasteiger partial charge in [0.05, 0.1) is 6.42 Å². The summed E-state index contributed by atoms with van der Waals surface area (Å²) in [6.45, 7) is 2.52. The summed E-state index contributed by atoms with van der Waals surface area (Å²) in [5.74, 6) is 0.982. The van der Waals surface area contributed by atoms with E-state index in [1.165, 1.54) is 6.42 Å². The fourth-order valence-corrected chi connectivity index (χ4v) is 3.00. The largest absolute Gasteiger partial charge is 0.508 e. The Kier molecular flexibility index (Phi) is 6.05. The molecule has 0 aromatic heterocycles. The average molecular weight is 291 g/mol. The lowest BCUT2D eigenvalue weighted by Crippen LogP contribution is -2.40. The molecule has 21 heavy (non-hydrogen) atoms. The van der Waals surface area contributed by atoms with Crippen LogP contribution in [0.1, 0.15) is 31.2 Å². The number of ether oxygens (including phenoxy) is 1. The van der Waals surface area contributed by atoms with Crippen molar-refractivity contribution < 1.29 is 14.6 Å². The maximum Gasteiger partial charge on any atom is 0.227 e. The highest BCUT2D eigenvalue weighted by atomic mass is 16.5. The van der Waals surface area contributed by atoms with Crippen LogP contribution < -0.4 is 0 Å². The first-order valence-electron chi connectivity index (χ1n) is 7.73. The van der Waals surface area contributed by atoms with Crippen molar-refractivity contribution in [2.24, 2.45) is 5.92 Å². The number of phenolic OH excluding ortho intramolecular Hbond substituents is 1. The highest BCUT2D eigenvalue weighted by molar-refractivity contribution is 5.79. The second kappa shape index (κ2) is 8.03. The Bertz CT molecular complexity index is 461. The molecule has 1 heterocycles. The molecule has 1 unspecified atom stereocenters. The molecule has 4 heteroatoms. The van der Waals surface area contributed by atoms with Gasteiger partial charge in [0.2, 0.25) is 5.91 Å². The van der Waals surface area contributed by atoms with E-state index in [1.54, 1.807) is 25.3 Å². The lowest BCUT2D eigenvalue weighted by atomic mass is 9.93. The van der Waals surface area contributed by atoms with Crippen LogP contribution in [0, 0.1) is 5.92 Å². The fraction of sp³-hybridized carbons (Fsp3) is 0.588. The van der Waals surface area contributed by atoms with E-state index in [0.717, 1.165) is 44.5 Å². The first-order valence-corrected chi connectivity index (χ1v) is 7.73. The summed E-state index contributed by atoms with van der Waals surface area (Å²) in [4.78, 5) is 14.4. The van der Waals surface area contributed by atoms with E-state index in [4.69, 9.17) is 4.74 Å². The van der Waals surface area contributed by atoms with Crippen LogP contribution in [0.4, 0.5) is 0 Å². The highest BCUT2D eigenvalue weighted by Gasteiger charge is 2.23. The topological polar surface area (TPSA) is 49.8 Å². The van der Waals surface area contributed by atoms with Gasteiger partial charge in [0.15, 0.2) is 0 Å². The number of rotatable bonds is 6. The number of phenols is 1. The molecule has 1 atom stereocenters. The summed E-state index contributed by atoms with van der Waals surface area (Å²) in [5.41, 5.74) is 0.876. The summed E-state index contributed by atoms with van der Waals surface area (Å²) in [7, 11) is 1.73. The Hall–Kier alpha value is -1.55. The van der Waals surface area contributed by atoms with Gasteiger partial charge in [-0.3, -0.25) is 4.79 Å². The molecule has 2 rings (SSSR count). The van der Waals surface area contributed by atoms with E-state index < -0.39 is 0 Å². The summed E-state index contributed by atoms with van der Waals surface area (Å²) in [5, 5.41) is 9.46. The van der Waals surface area contributed by atoms with Crippen LogP contribution in [0.3, 0.4) is 0 Å². The molecule has 1 saturated heterocycles. The maximum atomic E-state index is 12.4. The molecule has 0 radical (unpaired) electrons. The van der Waals surface area contributed by atoms with Gasteiger partial charge in [-0.05, 0) is 49.3 Å². The SMILES string of the molecule is COCCCC1CCCN(C(=O)Cc2cccc(O)c2)C1. The lowest BCUT2D eigenvalue weighted by Gasteiger charge is -2.33. The first-order chi connectivity index (χ1) is 10.2. The van der Waals surface area contributed by atoms with E-state index in [1.807, 2.05) is 11.0 Å². The zero-order chi connectivity index (χ0) is 15.1. The van der Waals surface area contributed by atoms with Gasteiger partial charge in [0, 0.05) is 26.8 Å². The summed E-state index contributed by atoms with van der Waals surface area (Å²) in [6.07, 6.45) is 4.86. The molecule has 1 aliphatic rings. The van der Waals surface area contributed by atoms with Crippen molar-refractivity contribution in [3.63, 3.8) is 0 Å². The van der Waals surface area contributed by atoms with Gasteiger partial charge in [0.1, 0.15) is 5.75 Å². The third-order valence-electron chi connectivity index (χ3n) is 4.10. The van der Waals surface area contributed by atoms with E-state index in [9.17, 15) is 9.90 Å². The molecule has 1 fully saturated rings. The number of amides is 1. The number of nitrogens with zero attached hydrogens (tertiary/aromatic N) is 1. The Morgan fingerprint density at radius 1 is 1.48 bits per heavy atom. The van der Waals surface area contributed by atoms with Crippen LogP contribution in [0.25, 0.3) is 0 Å². The van der Waals surface area contributed by atoms with Crippen molar-refractivity contribution in [1.29, 1.82) is 0 Å². The van der Waals surface area contributed by atoms with Crippen molar-refractivity contribution in [3.05, 3.63) is 29.8 Å². The van der Waals surface area contributed by atoms with Crippen molar-refractivity contribution in [2.45, 2.75) is 32.1 Å². The minimum Gasteiger partial charge on any atom is -0.508 e. The quantitative estimate of drug-likeness (QED) is 0.820. The summed E-state index contributed by atoms with van der Waals surface area (Å²) in [6, 6.07) is 6.96. The molecule has 4 nitrogen and oxygen atoms in total. The van der Waals surface area contributed by atoms with Crippen LogP contribution in [-0.4, -0.2) is 42.7 Å². The standard InChI is InChI=1S/C17H25NO3/c1-21-10-4-7-14-6-3-9-18(13-14)17(20)12-15-5-2-8-16(19)11-15/h2,5,8,11,14,19H,3-4,6-7,9-10,12-13H2,1H3. The third kappa shape index (κ3) is 5.05. The Morgan fingerprint density at radius 2 is 2.33 bits per heavy atom. The van der Waals surface area contributed by atoms with E-state index in [0.29, 0.717) is 12.3 Å². The number of piperidine rings is 1. The fourth-order valence-electron chi connectivity index (χ4n) is 3.00. The van der Waals surface area contributed by atoms with Gasteiger partial charge in [0.25, 0.3) is 0 Å². The van der Waals surface area contributed by atoms with Crippen LogP contribution in [0.2, 0.25) is 0 Å². The monoisotopic (exact) mass is 291 g/mol. The van der Waals surface area contributed by atoms with Crippen LogP contribution in [0.15, 0.2) is 24.3 Å². The van der Waals surface area contributed by atoms with Gasteiger partial charge in [-0.15, -0.1) is 0 Å². The first kappa shape index (κ1) is 15.8. The van der Waals surface area contributed by atoms with Crippen LogP contribution in [-0.2, 0) is 16.0 Å². The van der Waals surface area contributed by atoms with E-state index in [2.05, 4.69) is 0 Å². The zero-order valence-electron chi connectivity index (χ0n) is 12.8. The maximum absolute atomic E-state index is 12.4. The zero-order valence-corrected chi connectivity index (χ0v) is 12.8. The molecule has 1 N–H and O–H groups in total. The van der Waals surface area contributed by atoms with Gasteiger partial charge < -0.3 is 14.7 Å². The van der Waals surface area contributed by atoms with Crippen LogP contribution >= 0.6 is 0 Å². The second-order valence-electron chi connectivity index (χ2n) is 5.83. The number of methoxy groups -OCH3 is 1. The molecule has 1 aliphatic heterocycles. The molecule has 1 aromatic rings. The normalized spacial score (nSPS) is 18.7. The highest BCUT2D eigenvalue weighted by Crippen LogP contribution is 2.22.